The molecule has 3 aliphatic rings. The molecule has 0 unspecified atom stereocenters. The maximum absolute atomic E-state index is 13.0. The van der Waals surface area contributed by atoms with E-state index in [2.05, 4.69) is 0 Å². The molecule has 2 saturated heterocycles. The highest BCUT2D eigenvalue weighted by Gasteiger charge is 2.48. The number of aliphatic hydroxyl groups is 1. The second-order valence-corrected chi connectivity index (χ2v) is 9.44. The van der Waals surface area contributed by atoms with Gasteiger partial charge in [0.25, 0.3) is 10.2 Å². The highest BCUT2D eigenvalue weighted by atomic mass is 32.2. The van der Waals surface area contributed by atoms with Gasteiger partial charge in [0.05, 0.1) is 6.10 Å². The minimum absolute atomic E-state index is 0.195. The molecule has 1 spiro atoms. The number of methoxy groups -OCH3 is 1. The minimum Gasteiger partial charge on any atom is -0.392 e. The molecule has 2 aliphatic heterocycles. The molecule has 0 aromatic carbocycles. The molecule has 134 valence electrons. The van der Waals surface area contributed by atoms with Crippen molar-refractivity contribution in [2.75, 3.05) is 39.9 Å². The third kappa shape index (κ3) is 3.44. The Morgan fingerprint density at radius 2 is 1.78 bits per heavy atom. The molecule has 23 heavy (non-hydrogen) atoms. The second kappa shape index (κ2) is 6.96. The Labute approximate surface area is 140 Å². The first-order valence-corrected chi connectivity index (χ1v) is 10.3. The van der Waals surface area contributed by atoms with E-state index in [0.29, 0.717) is 38.7 Å². The van der Waals surface area contributed by atoms with E-state index in [1.807, 2.05) is 0 Å². The Morgan fingerprint density at radius 3 is 2.39 bits per heavy atom. The van der Waals surface area contributed by atoms with Crippen LogP contribution in [0.15, 0.2) is 0 Å². The molecule has 1 aliphatic carbocycles. The first-order chi connectivity index (χ1) is 11.0. The van der Waals surface area contributed by atoms with E-state index >= 15 is 0 Å². The molecule has 2 heterocycles. The average Bonchev–Trinajstić information content (AvgIpc) is 2.88. The SMILES string of the molecule is COCC1CCN(S(=O)(=O)N2CCC[C@]3(CCC[C@H]3O)C2)CC1. The van der Waals surface area contributed by atoms with Crippen LogP contribution in [0.5, 0.6) is 0 Å². The van der Waals surface area contributed by atoms with E-state index < -0.39 is 10.2 Å². The Bertz CT molecular complexity index is 504. The Hall–Kier alpha value is -0.210. The first-order valence-electron chi connectivity index (χ1n) is 8.90. The normalized spacial score (nSPS) is 35.1. The molecule has 0 bridgehead atoms. The molecule has 6 nitrogen and oxygen atoms in total. The summed E-state index contributed by atoms with van der Waals surface area (Å²) in [7, 11) is -1.70. The minimum atomic E-state index is -3.40. The van der Waals surface area contributed by atoms with Crippen molar-refractivity contribution in [2.45, 2.75) is 51.0 Å². The van der Waals surface area contributed by atoms with E-state index in [-0.39, 0.29) is 11.5 Å². The molecular weight excluding hydrogens is 316 g/mol. The van der Waals surface area contributed by atoms with Crippen molar-refractivity contribution >= 4 is 10.2 Å². The van der Waals surface area contributed by atoms with Crippen LogP contribution in [0.3, 0.4) is 0 Å². The molecule has 3 rings (SSSR count). The summed E-state index contributed by atoms with van der Waals surface area (Å²) in [5.74, 6) is 0.468. The molecule has 0 aromatic rings. The van der Waals surface area contributed by atoms with Gasteiger partial charge in [-0.15, -0.1) is 0 Å². The lowest BCUT2D eigenvalue weighted by atomic mass is 9.77. The van der Waals surface area contributed by atoms with E-state index in [1.54, 1.807) is 15.7 Å². The van der Waals surface area contributed by atoms with Crippen LogP contribution in [-0.2, 0) is 14.9 Å². The van der Waals surface area contributed by atoms with Gasteiger partial charge in [-0.1, -0.05) is 6.42 Å². The summed E-state index contributed by atoms with van der Waals surface area (Å²) in [5.41, 5.74) is -0.195. The topological polar surface area (TPSA) is 70.1 Å². The van der Waals surface area contributed by atoms with Crippen molar-refractivity contribution < 1.29 is 18.3 Å². The summed E-state index contributed by atoms with van der Waals surface area (Å²) >= 11 is 0. The maximum Gasteiger partial charge on any atom is 0.281 e. The fourth-order valence-corrected chi connectivity index (χ4v) is 6.39. The van der Waals surface area contributed by atoms with Gasteiger partial charge in [0.15, 0.2) is 0 Å². The van der Waals surface area contributed by atoms with Crippen molar-refractivity contribution in [1.82, 2.24) is 8.61 Å². The Kier molecular flexibility index (Phi) is 5.33. The van der Waals surface area contributed by atoms with E-state index in [1.165, 1.54) is 0 Å². The average molecular weight is 346 g/mol. The largest absolute Gasteiger partial charge is 0.392 e. The number of piperidine rings is 2. The molecule has 0 aromatic heterocycles. The summed E-state index contributed by atoms with van der Waals surface area (Å²) in [6.07, 6.45) is 5.99. The van der Waals surface area contributed by atoms with Crippen molar-refractivity contribution in [3.63, 3.8) is 0 Å². The van der Waals surface area contributed by atoms with Crippen LogP contribution < -0.4 is 0 Å². The zero-order valence-corrected chi connectivity index (χ0v) is 14.9. The molecule has 3 fully saturated rings. The summed E-state index contributed by atoms with van der Waals surface area (Å²) in [6, 6.07) is 0. The highest BCUT2D eigenvalue weighted by Crippen LogP contribution is 2.45. The van der Waals surface area contributed by atoms with Crippen LogP contribution in [-0.4, -0.2) is 68.1 Å². The van der Waals surface area contributed by atoms with Gasteiger partial charge in [-0.25, -0.2) is 0 Å². The molecule has 1 N–H and O–H groups in total. The zero-order chi connectivity index (χ0) is 16.5. The lowest BCUT2D eigenvalue weighted by molar-refractivity contribution is 0.0108. The predicted molar refractivity (Wildman–Crippen MR) is 88.2 cm³/mol. The van der Waals surface area contributed by atoms with Crippen molar-refractivity contribution in [3.05, 3.63) is 0 Å². The number of ether oxygens (including phenoxy) is 1. The van der Waals surface area contributed by atoms with Gasteiger partial charge in [-0.3, -0.25) is 0 Å². The molecule has 7 heteroatoms. The Balaban J connectivity index is 1.65. The first kappa shape index (κ1) is 17.6. The van der Waals surface area contributed by atoms with Crippen molar-refractivity contribution in [2.24, 2.45) is 11.3 Å². The summed E-state index contributed by atoms with van der Waals surface area (Å²) in [5, 5.41) is 10.3. The molecule has 1 saturated carbocycles. The van der Waals surface area contributed by atoms with Gasteiger partial charge in [0, 0.05) is 45.3 Å². The van der Waals surface area contributed by atoms with Gasteiger partial charge < -0.3 is 9.84 Å². The summed E-state index contributed by atoms with van der Waals surface area (Å²) in [4.78, 5) is 0. The van der Waals surface area contributed by atoms with E-state index in [9.17, 15) is 13.5 Å². The standard InChI is InChI=1S/C16H30N2O4S/c1-22-12-14-5-10-17(11-6-14)23(20,21)18-9-3-8-16(13-18)7-2-4-15(16)19/h14-15,19H,2-13H2,1H3/t15-,16-/m1/s1. The highest BCUT2D eigenvalue weighted by molar-refractivity contribution is 7.86. The van der Waals surface area contributed by atoms with Gasteiger partial charge in [0.1, 0.15) is 0 Å². The fourth-order valence-electron chi connectivity index (χ4n) is 4.62. The summed E-state index contributed by atoms with van der Waals surface area (Å²) < 4.78 is 34.4. The molecular formula is C16H30N2O4S. The van der Waals surface area contributed by atoms with Crippen LogP contribution in [0.25, 0.3) is 0 Å². The van der Waals surface area contributed by atoms with Crippen LogP contribution in [0, 0.1) is 11.3 Å². The molecule has 0 amide bonds. The second-order valence-electron chi connectivity index (χ2n) is 7.51. The van der Waals surface area contributed by atoms with Crippen LogP contribution in [0.2, 0.25) is 0 Å². The lowest BCUT2D eigenvalue weighted by Crippen LogP contribution is -2.54. The van der Waals surface area contributed by atoms with Crippen molar-refractivity contribution in [3.8, 4) is 0 Å². The van der Waals surface area contributed by atoms with Gasteiger partial charge in [-0.05, 0) is 44.4 Å². The number of hydrogen-bond acceptors (Lipinski definition) is 4. The maximum atomic E-state index is 13.0. The van der Waals surface area contributed by atoms with Gasteiger partial charge in [0.2, 0.25) is 0 Å². The van der Waals surface area contributed by atoms with Crippen LogP contribution in [0.1, 0.15) is 44.9 Å². The molecule has 0 radical (unpaired) electrons. The summed E-state index contributed by atoms with van der Waals surface area (Å²) in [6.45, 7) is 2.97. The third-order valence-corrected chi connectivity index (χ3v) is 8.04. The number of aliphatic hydroxyl groups excluding tert-OH is 1. The lowest BCUT2D eigenvalue weighted by Gasteiger charge is -2.44. The smallest absolute Gasteiger partial charge is 0.281 e. The van der Waals surface area contributed by atoms with E-state index in [4.69, 9.17) is 4.74 Å². The molecule has 2 atom stereocenters. The number of nitrogens with zero attached hydrogens (tertiary/aromatic N) is 2. The predicted octanol–water partition coefficient (Wildman–Crippen LogP) is 1.22. The Morgan fingerprint density at radius 1 is 1.09 bits per heavy atom. The fraction of sp³-hybridized carbons (Fsp3) is 1.00. The van der Waals surface area contributed by atoms with Crippen LogP contribution in [0.4, 0.5) is 0 Å². The quantitative estimate of drug-likeness (QED) is 0.831. The van der Waals surface area contributed by atoms with Crippen molar-refractivity contribution in [1.29, 1.82) is 0 Å². The monoisotopic (exact) mass is 346 g/mol. The zero-order valence-electron chi connectivity index (χ0n) is 14.1. The van der Waals surface area contributed by atoms with Crippen LogP contribution >= 0.6 is 0 Å². The third-order valence-electron chi connectivity index (χ3n) is 6.06. The number of hydrogen-bond donors (Lipinski definition) is 1. The van der Waals surface area contributed by atoms with E-state index in [0.717, 1.165) is 44.9 Å². The van der Waals surface area contributed by atoms with Gasteiger partial charge >= 0.3 is 0 Å². The number of rotatable bonds is 4. The van der Waals surface area contributed by atoms with Gasteiger partial charge in [-0.2, -0.15) is 17.0 Å².